The van der Waals surface area contributed by atoms with Gasteiger partial charge in [-0.2, -0.15) is 0 Å². The second-order valence-corrected chi connectivity index (χ2v) is 37.9. The molecule has 0 heterocycles. The van der Waals surface area contributed by atoms with Gasteiger partial charge in [0.1, 0.15) is 22.7 Å². The highest BCUT2D eigenvalue weighted by Crippen LogP contribution is 2.82. The fourth-order valence-electron chi connectivity index (χ4n) is 28.1. The number of phenols is 2. The molecule has 0 bridgehead atoms. The van der Waals surface area contributed by atoms with E-state index in [1.54, 1.807) is 0 Å². The van der Waals surface area contributed by atoms with Crippen molar-refractivity contribution in [2.24, 2.45) is 89.2 Å². The Morgan fingerprint density at radius 3 is 1.53 bits per heavy atom. The molecule has 0 spiro atoms. The van der Waals surface area contributed by atoms with Gasteiger partial charge in [0.05, 0.1) is 11.7 Å². The van der Waals surface area contributed by atoms with Gasteiger partial charge >= 0.3 is 0 Å². The Hall–Kier alpha value is -4.18. The number of benzene rings is 2. The number of allylic oxidation sites excluding steroid dienone is 2. The smallest absolute Gasteiger partial charge is 0.155 e. The van der Waals surface area contributed by atoms with Crippen LogP contribution in [0.1, 0.15) is 286 Å². The number of fused-ring (bicyclic) bond motifs is 20. The molecule has 14 aliphatic carbocycles. The summed E-state index contributed by atoms with van der Waals surface area (Å²) >= 11 is 0. The van der Waals surface area contributed by atoms with Crippen LogP contribution in [-0.2, 0) is 33.3 Å². The van der Waals surface area contributed by atoms with E-state index in [2.05, 4.69) is 121 Å². The van der Waals surface area contributed by atoms with E-state index >= 15 is 0 Å². The highest BCUT2D eigenvalue weighted by atomic mass is 16.3. The molecule has 94 heavy (non-hydrogen) atoms. The van der Waals surface area contributed by atoms with Gasteiger partial charge in [-0.25, -0.2) is 0 Å². The van der Waals surface area contributed by atoms with E-state index in [4.69, 9.17) is 12.8 Å². The average molecular weight is 1280 g/mol. The number of rotatable bonds is 0. The fourth-order valence-corrected chi connectivity index (χ4v) is 28.1. The molecule has 10 saturated carbocycles. The maximum absolute atomic E-state index is 12.1. The first kappa shape index (κ1) is 68.3. The van der Waals surface area contributed by atoms with Crippen molar-refractivity contribution in [2.45, 2.75) is 310 Å². The highest BCUT2D eigenvalue weighted by molar-refractivity contribution is 5.92. The molecule has 6 N–H and O–H groups in total. The number of carbonyl (C=O) groups is 2. The Labute approximate surface area is 566 Å². The summed E-state index contributed by atoms with van der Waals surface area (Å²) in [7, 11) is 0. The number of aliphatic hydroxyl groups is 4. The first-order chi connectivity index (χ1) is 43.7. The van der Waals surface area contributed by atoms with Crippen molar-refractivity contribution in [2.75, 3.05) is 0 Å². The Bertz CT molecular complexity index is 3600. The van der Waals surface area contributed by atoms with Gasteiger partial charge in [0.25, 0.3) is 0 Å². The Morgan fingerprint density at radius 1 is 0.415 bits per heavy atom. The van der Waals surface area contributed by atoms with Crippen molar-refractivity contribution in [3.8, 4) is 36.2 Å². The van der Waals surface area contributed by atoms with E-state index < -0.39 is 16.8 Å². The summed E-state index contributed by atoms with van der Waals surface area (Å²) in [6, 6.07) is 11.9. The number of ketones is 2. The predicted molar refractivity (Wildman–Crippen MR) is 375 cm³/mol. The molecule has 2 aromatic carbocycles. The lowest BCUT2D eigenvalue weighted by Crippen LogP contribution is -2.68. The molecule has 8 nitrogen and oxygen atoms in total. The first-order valence-corrected chi connectivity index (χ1v) is 37.7. The van der Waals surface area contributed by atoms with Crippen LogP contribution in [0.2, 0.25) is 0 Å². The van der Waals surface area contributed by atoms with Crippen LogP contribution in [0.25, 0.3) is 0 Å². The van der Waals surface area contributed by atoms with Crippen LogP contribution in [0.3, 0.4) is 0 Å². The summed E-state index contributed by atoms with van der Waals surface area (Å²) in [6.45, 7) is 33.2. The van der Waals surface area contributed by atoms with Crippen molar-refractivity contribution < 1.29 is 40.2 Å². The third kappa shape index (κ3) is 8.64. The van der Waals surface area contributed by atoms with Gasteiger partial charge in [-0.1, -0.05) is 125 Å². The molecule has 16 rings (SSSR count). The highest BCUT2D eigenvalue weighted by Gasteiger charge is 2.77. The molecule has 0 aliphatic heterocycles. The SMILES string of the molecule is C#CC1(O)CCC2(C)C1(C)CCC1(C)C3(C)CCC(=O)C=C3CCC12C.C#CC1(O)CCC2C1(C)CCC1(C)c3ccc(O)cc3CCC21C.CC1(O)CCC2C1(C)CCC1(C)c3ccc(O)cc3CCC21C.CC12CCC(=O)C=C1CCC1C2CCC2(C)C(O)CCC12. The minimum absolute atomic E-state index is 0.00408. The Balaban J connectivity index is 0.000000114. The minimum Gasteiger partial charge on any atom is -0.508 e. The van der Waals surface area contributed by atoms with Gasteiger partial charge in [-0.3, -0.25) is 9.59 Å². The predicted octanol–water partition coefficient (Wildman–Crippen LogP) is 17.7. The molecule has 22 unspecified atom stereocenters. The molecular weight excluding hydrogens is 1160 g/mol. The molecule has 22 atom stereocenters. The number of aromatic hydroxyl groups is 2. The molecule has 0 saturated heterocycles. The Kier molecular flexibility index (Phi) is 15.8. The van der Waals surface area contributed by atoms with Crippen LogP contribution in [-0.4, -0.2) is 65.1 Å². The number of aryl methyl sites for hydroxylation is 2. The van der Waals surface area contributed by atoms with E-state index in [0.29, 0.717) is 53.7 Å². The van der Waals surface area contributed by atoms with Crippen molar-refractivity contribution >= 4 is 11.6 Å². The van der Waals surface area contributed by atoms with E-state index in [9.17, 15) is 40.2 Å². The number of terminal acetylenes is 2. The number of hydrogen-bond donors (Lipinski definition) is 6. The van der Waals surface area contributed by atoms with E-state index in [0.717, 1.165) is 153 Å². The molecule has 2 aromatic rings. The van der Waals surface area contributed by atoms with Crippen LogP contribution in [0, 0.1) is 114 Å². The van der Waals surface area contributed by atoms with Gasteiger partial charge in [0.15, 0.2) is 11.6 Å². The van der Waals surface area contributed by atoms with Gasteiger partial charge in [-0.15, -0.1) is 12.8 Å². The Morgan fingerprint density at radius 2 is 0.936 bits per heavy atom. The van der Waals surface area contributed by atoms with Crippen LogP contribution < -0.4 is 0 Å². The standard InChI is InChI=1S/C24H34O2.C22H28O2.C21H30O2.C19H28O2/c1-7-24(26)15-14-22(5)21(4)11-8-17-16-18(25)9-10-19(17,2)20(21,3)12-13-23(22,24)6;1-5-22(24)11-9-18-20(3)10-8-15-14-16(23)6-7-17(15)19(20,2)12-13-21(18,22)4;1-18-11-12-20(3)17(8-10-21(20,4)23)19(18,2)9-7-14-13-15(22)5-6-16(14)18;1-18-9-7-13(20)11-12(18)3-4-14-15-5-6-17(21)19(15,2)10-8-16(14)18/h1,16,26H,8-15H2,2-6H3;1,6-7,14,18,23-24H,8-13H2,2-4H3;5-6,13,17,22-23H,7-12H2,1-4H3;11,14-17,21H,3-10H2,1-2H3. The van der Waals surface area contributed by atoms with E-state index in [1.807, 2.05) is 36.4 Å². The molecule has 0 aromatic heterocycles. The molecule has 0 amide bonds. The quantitative estimate of drug-likeness (QED) is 0.143. The summed E-state index contributed by atoms with van der Waals surface area (Å²) in [6.07, 6.45) is 44.1. The number of carbonyl (C=O) groups excluding carboxylic acids is 2. The molecule has 512 valence electrons. The lowest BCUT2D eigenvalue weighted by molar-refractivity contribution is -0.241. The topological polar surface area (TPSA) is 156 Å². The second-order valence-electron chi connectivity index (χ2n) is 37.9. The third-order valence-corrected chi connectivity index (χ3v) is 36.1. The van der Waals surface area contributed by atoms with Crippen molar-refractivity contribution in [3.05, 3.63) is 82.0 Å². The summed E-state index contributed by atoms with van der Waals surface area (Å²) in [5.41, 5.74) is 6.74. The second kappa shape index (κ2) is 21.7. The molecule has 0 radical (unpaired) electrons. The van der Waals surface area contributed by atoms with E-state index in [1.165, 1.54) is 59.1 Å². The van der Waals surface area contributed by atoms with Crippen molar-refractivity contribution in [1.29, 1.82) is 0 Å². The zero-order valence-corrected chi connectivity index (χ0v) is 60.5. The maximum atomic E-state index is 12.1. The van der Waals surface area contributed by atoms with Gasteiger partial charge in [0, 0.05) is 23.7 Å². The summed E-state index contributed by atoms with van der Waals surface area (Å²) in [4.78, 5) is 23.9. The van der Waals surface area contributed by atoms with E-state index in [-0.39, 0.29) is 76.5 Å². The fraction of sp³-hybridized carbons (Fsp3) is 0.744. The van der Waals surface area contributed by atoms with Crippen LogP contribution in [0.15, 0.2) is 59.7 Å². The van der Waals surface area contributed by atoms with Gasteiger partial charge in [0.2, 0.25) is 0 Å². The number of hydrogen-bond acceptors (Lipinski definition) is 8. The lowest BCUT2D eigenvalue weighted by Gasteiger charge is -2.73. The number of aliphatic hydroxyl groups excluding tert-OH is 1. The molecular formula is C86H120O8. The molecule has 10 fully saturated rings. The molecule has 8 heteroatoms. The summed E-state index contributed by atoms with van der Waals surface area (Å²) in [5.74, 6) is 10.2. The van der Waals surface area contributed by atoms with Crippen molar-refractivity contribution in [3.63, 3.8) is 0 Å². The normalized spacial score (nSPS) is 51.0. The number of phenolic OH excluding ortho intramolecular Hbond substituents is 2. The largest absolute Gasteiger partial charge is 0.508 e. The minimum atomic E-state index is -0.994. The van der Waals surface area contributed by atoms with Crippen LogP contribution >= 0.6 is 0 Å². The van der Waals surface area contributed by atoms with Crippen LogP contribution in [0.4, 0.5) is 0 Å². The third-order valence-electron chi connectivity index (χ3n) is 36.1. The zero-order valence-electron chi connectivity index (χ0n) is 60.5. The molecule has 14 aliphatic rings. The lowest BCUT2D eigenvalue weighted by atomic mass is 9.30. The van der Waals surface area contributed by atoms with Gasteiger partial charge in [-0.05, 0) is 322 Å². The summed E-state index contributed by atoms with van der Waals surface area (Å²) < 4.78 is 0. The van der Waals surface area contributed by atoms with Crippen LogP contribution in [0.5, 0.6) is 11.5 Å². The first-order valence-electron chi connectivity index (χ1n) is 37.7. The monoisotopic (exact) mass is 1280 g/mol. The van der Waals surface area contributed by atoms with Gasteiger partial charge < -0.3 is 30.6 Å². The summed E-state index contributed by atoms with van der Waals surface area (Å²) in [5, 5.41) is 63.7. The zero-order chi connectivity index (χ0) is 68.1. The average Bonchev–Trinajstić information content (AvgIpc) is 1.31. The van der Waals surface area contributed by atoms with Crippen molar-refractivity contribution in [1.82, 2.24) is 0 Å². The maximum Gasteiger partial charge on any atom is 0.155 e.